The van der Waals surface area contributed by atoms with Crippen LogP contribution in [-0.2, 0) is 0 Å². The average molecular weight is 419 g/mol. The van der Waals surface area contributed by atoms with Gasteiger partial charge in [0.15, 0.2) is 0 Å². The number of ether oxygens (including phenoxy) is 1. The molecule has 8 heteroatoms. The standard InChI is InChI=1S/C20H19ClN2O4S/c1-13-8-10-22(11-9-13)19(28)14-2-5-16(6-3-14)27-20(24)17-7-4-15(23(25)26)12-18(17)21/h2-7,12-13H,8-11H2,1H3. The topological polar surface area (TPSA) is 72.7 Å². The summed E-state index contributed by atoms with van der Waals surface area (Å²) in [5.74, 6) is 0.394. The lowest BCUT2D eigenvalue weighted by Crippen LogP contribution is -2.37. The second kappa shape index (κ2) is 8.67. The van der Waals surface area contributed by atoms with Gasteiger partial charge in [0.05, 0.1) is 15.5 Å². The molecule has 0 saturated carbocycles. The van der Waals surface area contributed by atoms with Crippen LogP contribution in [0.2, 0.25) is 5.02 Å². The number of piperidine rings is 1. The SMILES string of the molecule is CC1CCN(C(=S)c2ccc(OC(=O)c3ccc([N+](=O)[O-])cc3Cl)cc2)CC1. The van der Waals surface area contributed by atoms with E-state index in [0.29, 0.717) is 5.75 Å². The summed E-state index contributed by atoms with van der Waals surface area (Å²) in [6.07, 6.45) is 2.26. The predicted octanol–water partition coefficient (Wildman–Crippen LogP) is 4.87. The molecule has 2 aromatic rings. The van der Waals surface area contributed by atoms with Crippen LogP contribution in [-0.4, -0.2) is 33.9 Å². The maximum Gasteiger partial charge on any atom is 0.345 e. The molecule has 0 aromatic heterocycles. The molecular formula is C20H19ClN2O4S. The van der Waals surface area contributed by atoms with E-state index in [4.69, 9.17) is 28.6 Å². The third-order valence-corrected chi connectivity index (χ3v) is 5.57. The highest BCUT2D eigenvalue weighted by atomic mass is 35.5. The highest BCUT2D eigenvalue weighted by molar-refractivity contribution is 7.80. The number of hydrogen-bond donors (Lipinski definition) is 0. The first-order valence-electron chi connectivity index (χ1n) is 8.90. The van der Waals surface area contributed by atoms with Crippen molar-refractivity contribution in [2.75, 3.05) is 13.1 Å². The Balaban J connectivity index is 1.66. The van der Waals surface area contributed by atoms with Crippen molar-refractivity contribution >= 4 is 40.5 Å². The van der Waals surface area contributed by atoms with E-state index in [9.17, 15) is 14.9 Å². The summed E-state index contributed by atoms with van der Waals surface area (Å²) in [7, 11) is 0. The van der Waals surface area contributed by atoms with Crippen molar-refractivity contribution in [3.05, 3.63) is 68.7 Å². The highest BCUT2D eigenvalue weighted by Gasteiger charge is 2.20. The summed E-state index contributed by atoms with van der Waals surface area (Å²) in [4.78, 5) is 25.5. The molecule has 1 aliphatic rings. The number of rotatable bonds is 4. The largest absolute Gasteiger partial charge is 0.423 e. The van der Waals surface area contributed by atoms with Crippen LogP contribution in [0, 0.1) is 16.0 Å². The first-order valence-corrected chi connectivity index (χ1v) is 9.69. The fourth-order valence-electron chi connectivity index (χ4n) is 3.00. The van der Waals surface area contributed by atoms with E-state index in [0.717, 1.165) is 48.5 Å². The number of nitro benzene ring substituents is 1. The van der Waals surface area contributed by atoms with Gasteiger partial charge in [-0.05, 0) is 49.1 Å². The molecule has 28 heavy (non-hydrogen) atoms. The van der Waals surface area contributed by atoms with Gasteiger partial charge in [0.1, 0.15) is 10.7 Å². The van der Waals surface area contributed by atoms with Gasteiger partial charge in [-0.25, -0.2) is 4.79 Å². The molecule has 0 amide bonds. The van der Waals surface area contributed by atoms with Crippen molar-refractivity contribution in [2.45, 2.75) is 19.8 Å². The number of nitrogens with zero attached hydrogens (tertiary/aromatic N) is 2. The van der Waals surface area contributed by atoms with E-state index in [-0.39, 0.29) is 16.3 Å². The summed E-state index contributed by atoms with van der Waals surface area (Å²) >= 11 is 11.6. The van der Waals surface area contributed by atoms with Crippen molar-refractivity contribution in [3.8, 4) is 5.75 Å². The molecule has 1 aliphatic heterocycles. The van der Waals surface area contributed by atoms with Crippen molar-refractivity contribution < 1.29 is 14.5 Å². The summed E-state index contributed by atoms with van der Waals surface area (Å²) in [5.41, 5.74) is 0.776. The van der Waals surface area contributed by atoms with E-state index >= 15 is 0 Å². The smallest absolute Gasteiger partial charge is 0.345 e. The molecule has 146 valence electrons. The van der Waals surface area contributed by atoms with Gasteiger partial charge >= 0.3 is 5.97 Å². The van der Waals surface area contributed by atoms with Gasteiger partial charge in [-0.3, -0.25) is 10.1 Å². The molecule has 6 nitrogen and oxygen atoms in total. The minimum Gasteiger partial charge on any atom is -0.423 e. The maximum atomic E-state index is 12.3. The zero-order valence-electron chi connectivity index (χ0n) is 15.3. The third kappa shape index (κ3) is 4.66. The van der Waals surface area contributed by atoms with Gasteiger partial charge in [-0.1, -0.05) is 30.7 Å². The van der Waals surface area contributed by atoms with Crippen LogP contribution in [0.25, 0.3) is 0 Å². The van der Waals surface area contributed by atoms with E-state index in [1.165, 1.54) is 12.1 Å². The van der Waals surface area contributed by atoms with E-state index in [1.54, 1.807) is 12.1 Å². The Kier molecular flexibility index (Phi) is 6.26. The maximum absolute atomic E-state index is 12.3. The van der Waals surface area contributed by atoms with Gasteiger partial charge in [-0.2, -0.15) is 0 Å². The molecule has 0 radical (unpaired) electrons. The summed E-state index contributed by atoms with van der Waals surface area (Å²) in [6.45, 7) is 4.16. The fraction of sp³-hybridized carbons (Fsp3) is 0.300. The quantitative estimate of drug-likeness (QED) is 0.232. The Bertz CT molecular complexity index is 909. The molecule has 0 N–H and O–H groups in total. The first kappa shape index (κ1) is 20.2. The average Bonchev–Trinajstić information content (AvgIpc) is 2.68. The number of benzene rings is 2. The van der Waals surface area contributed by atoms with Crippen molar-refractivity contribution in [1.82, 2.24) is 4.90 Å². The van der Waals surface area contributed by atoms with Crippen LogP contribution in [0.1, 0.15) is 35.7 Å². The molecule has 0 aliphatic carbocycles. The van der Waals surface area contributed by atoms with E-state index < -0.39 is 10.9 Å². The van der Waals surface area contributed by atoms with Crippen molar-refractivity contribution in [2.24, 2.45) is 5.92 Å². The zero-order chi connectivity index (χ0) is 20.3. The van der Waals surface area contributed by atoms with Gasteiger partial charge in [-0.15, -0.1) is 0 Å². The fourth-order valence-corrected chi connectivity index (χ4v) is 3.58. The molecule has 3 rings (SSSR count). The number of carbonyl (C=O) groups excluding carboxylic acids is 1. The second-order valence-electron chi connectivity index (χ2n) is 6.81. The zero-order valence-corrected chi connectivity index (χ0v) is 16.8. The Morgan fingerprint density at radius 3 is 2.43 bits per heavy atom. The van der Waals surface area contributed by atoms with Gasteiger partial charge in [0, 0.05) is 30.8 Å². The molecule has 2 aromatic carbocycles. The number of halogens is 1. The van der Waals surface area contributed by atoms with E-state index in [2.05, 4.69) is 11.8 Å². The van der Waals surface area contributed by atoms with Crippen LogP contribution in [0.3, 0.4) is 0 Å². The Morgan fingerprint density at radius 2 is 1.86 bits per heavy atom. The lowest BCUT2D eigenvalue weighted by molar-refractivity contribution is -0.384. The minimum absolute atomic E-state index is 0.0312. The van der Waals surface area contributed by atoms with Crippen LogP contribution < -0.4 is 4.74 Å². The van der Waals surface area contributed by atoms with Gasteiger partial charge < -0.3 is 9.64 Å². The van der Waals surface area contributed by atoms with Gasteiger partial charge in [0.2, 0.25) is 0 Å². The summed E-state index contributed by atoms with van der Waals surface area (Å²) < 4.78 is 5.33. The first-order chi connectivity index (χ1) is 13.3. The number of non-ortho nitro benzene ring substituents is 1. The van der Waals surface area contributed by atoms with Crippen LogP contribution in [0.15, 0.2) is 42.5 Å². The number of hydrogen-bond acceptors (Lipinski definition) is 5. The normalized spacial score (nSPS) is 14.6. The minimum atomic E-state index is -0.680. The van der Waals surface area contributed by atoms with Gasteiger partial charge in [0.25, 0.3) is 5.69 Å². The molecular weight excluding hydrogens is 400 g/mol. The predicted molar refractivity (Wildman–Crippen MR) is 111 cm³/mol. The molecule has 1 saturated heterocycles. The molecule has 0 atom stereocenters. The Hall–Kier alpha value is -2.51. The van der Waals surface area contributed by atoms with Crippen LogP contribution in [0.5, 0.6) is 5.75 Å². The lowest BCUT2D eigenvalue weighted by Gasteiger charge is -2.32. The number of nitro groups is 1. The van der Waals surface area contributed by atoms with E-state index in [1.807, 2.05) is 12.1 Å². The molecule has 0 bridgehead atoms. The monoisotopic (exact) mass is 418 g/mol. The Morgan fingerprint density at radius 1 is 1.21 bits per heavy atom. The number of likely N-dealkylation sites (tertiary alicyclic amines) is 1. The summed E-state index contributed by atoms with van der Waals surface area (Å²) in [5, 5.41) is 10.7. The number of esters is 1. The Labute approximate surface area is 173 Å². The van der Waals surface area contributed by atoms with Crippen LogP contribution >= 0.6 is 23.8 Å². The third-order valence-electron chi connectivity index (χ3n) is 4.77. The number of carbonyl (C=O) groups is 1. The van der Waals surface area contributed by atoms with Crippen LogP contribution in [0.4, 0.5) is 5.69 Å². The van der Waals surface area contributed by atoms with Crippen molar-refractivity contribution in [1.29, 1.82) is 0 Å². The molecule has 0 spiro atoms. The molecule has 1 fully saturated rings. The summed E-state index contributed by atoms with van der Waals surface area (Å²) in [6, 6.07) is 10.6. The second-order valence-corrected chi connectivity index (χ2v) is 7.60. The molecule has 1 heterocycles. The van der Waals surface area contributed by atoms with Crippen molar-refractivity contribution in [3.63, 3.8) is 0 Å². The number of thiocarbonyl (C=S) groups is 1. The molecule has 0 unspecified atom stereocenters. The lowest BCUT2D eigenvalue weighted by atomic mass is 9.99. The highest BCUT2D eigenvalue weighted by Crippen LogP contribution is 2.25.